The van der Waals surface area contributed by atoms with Crippen LogP contribution in [0.3, 0.4) is 0 Å². The third-order valence-electron chi connectivity index (χ3n) is 1.11. The van der Waals surface area contributed by atoms with E-state index in [0.717, 1.165) is 5.70 Å². The Bertz CT molecular complexity index is 263. The summed E-state index contributed by atoms with van der Waals surface area (Å²) in [5, 5.41) is 2.96. The van der Waals surface area contributed by atoms with E-state index in [9.17, 15) is 0 Å². The van der Waals surface area contributed by atoms with Gasteiger partial charge in [-0.15, -0.1) is 0 Å². The fraction of sp³-hybridized carbons (Fsp3) is 0.200. The van der Waals surface area contributed by atoms with E-state index in [2.05, 4.69) is 36.9 Å². The molecule has 0 aromatic heterocycles. The highest BCUT2D eigenvalue weighted by Crippen LogP contribution is 1.92. The molecule has 0 spiro atoms. The summed E-state index contributed by atoms with van der Waals surface area (Å²) in [4.78, 5) is 0. The van der Waals surface area contributed by atoms with Gasteiger partial charge in [-0.1, -0.05) is 31.6 Å². The maximum absolute atomic E-state index is 5.34. The SMILES string of the molecule is C=C(C)NCC#CC(=C)C(=C)N. The van der Waals surface area contributed by atoms with Crippen LogP contribution in [0.4, 0.5) is 0 Å². The average Bonchev–Trinajstić information content (AvgIpc) is 1.97. The summed E-state index contributed by atoms with van der Waals surface area (Å²) in [6.07, 6.45) is 0. The predicted molar refractivity (Wildman–Crippen MR) is 53.1 cm³/mol. The molecule has 0 atom stereocenters. The van der Waals surface area contributed by atoms with Gasteiger partial charge in [-0.25, -0.2) is 0 Å². The molecule has 12 heavy (non-hydrogen) atoms. The Labute approximate surface area is 73.8 Å². The Kier molecular flexibility index (Phi) is 4.40. The number of nitrogens with two attached hydrogens (primary N) is 1. The lowest BCUT2D eigenvalue weighted by atomic mass is 10.2. The second kappa shape index (κ2) is 5.09. The molecule has 3 N–H and O–H groups in total. The number of hydrogen-bond donors (Lipinski definition) is 2. The van der Waals surface area contributed by atoms with Crippen LogP contribution in [0.5, 0.6) is 0 Å². The van der Waals surface area contributed by atoms with E-state index in [1.165, 1.54) is 0 Å². The predicted octanol–water partition coefficient (Wildman–Crippen LogP) is 1.14. The molecule has 0 aliphatic heterocycles. The smallest absolute Gasteiger partial charge is 0.0766 e. The van der Waals surface area contributed by atoms with Crippen molar-refractivity contribution in [2.75, 3.05) is 6.54 Å². The third kappa shape index (κ3) is 5.19. The van der Waals surface area contributed by atoms with Crippen molar-refractivity contribution >= 4 is 0 Å². The molecule has 0 aliphatic rings. The third-order valence-corrected chi connectivity index (χ3v) is 1.11. The minimum absolute atomic E-state index is 0.415. The first-order valence-corrected chi connectivity index (χ1v) is 3.56. The molecule has 0 heterocycles. The van der Waals surface area contributed by atoms with Crippen LogP contribution >= 0.6 is 0 Å². The van der Waals surface area contributed by atoms with Gasteiger partial charge in [-0.3, -0.25) is 0 Å². The molecule has 0 saturated heterocycles. The number of hydrogen-bond acceptors (Lipinski definition) is 2. The largest absolute Gasteiger partial charge is 0.398 e. The molecule has 64 valence electrons. The molecule has 0 aromatic carbocycles. The summed E-state index contributed by atoms with van der Waals surface area (Å²) >= 11 is 0. The Morgan fingerprint density at radius 3 is 2.42 bits per heavy atom. The Balaban J connectivity index is 3.82. The highest BCUT2D eigenvalue weighted by Gasteiger charge is 1.86. The number of rotatable bonds is 3. The normalized spacial score (nSPS) is 7.75. The molecule has 0 aliphatic carbocycles. The van der Waals surface area contributed by atoms with E-state index < -0.39 is 0 Å². The highest BCUT2D eigenvalue weighted by molar-refractivity contribution is 5.40. The highest BCUT2D eigenvalue weighted by atomic mass is 14.8. The van der Waals surface area contributed by atoms with Crippen LogP contribution in [0, 0.1) is 11.8 Å². The first-order valence-electron chi connectivity index (χ1n) is 3.56. The molecule has 2 nitrogen and oxygen atoms in total. The van der Waals surface area contributed by atoms with Crippen LogP contribution in [0.15, 0.2) is 36.7 Å². The summed E-state index contributed by atoms with van der Waals surface area (Å²) in [6, 6.07) is 0. The lowest BCUT2D eigenvalue weighted by Crippen LogP contribution is -2.09. The molecular weight excluding hydrogens is 148 g/mol. The molecule has 0 bridgehead atoms. The molecule has 0 rings (SSSR count). The standard InChI is InChI=1S/C10H14N2/c1-8(2)12-7-5-6-9(3)10(4)11/h12H,1,3-4,7,11H2,2H3. The van der Waals surface area contributed by atoms with Gasteiger partial charge in [0.05, 0.1) is 6.54 Å². The van der Waals surface area contributed by atoms with Crippen molar-refractivity contribution < 1.29 is 0 Å². The fourth-order valence-corrected chi connectivity index (χ4v) is 0.426. The minimum atomic E-state index is 0.415. The van der Waals surface area contributed by atoms with Gasteiger partial charge >= 0.3 is 0 Å². The van der Waals surface area contributed by atoms with Crippen LogP contribution < -0.4 is 11.1 Å². The van der Waals surface area contributed by atoms with Gasteiger partial charge in [0.1, 0.15) is 0 Å². The number of nitrogens with one attached hydrogen (secondary N) is 1. The molecule has 0 aromatic rings. The quantitative estimate of drug-likeness (QED) is 0.482. The topological polar surface area (TPSA) is 38.0 Å². The van der Waals surface area contributed by atoms with Crippen LogP contribution in [-0.4, -0.2) is 6.54 Å². The first kappa shape index (κ1) is 10.4. The molecule has 0 amide bonds. The van der Waals surface area contributed by atoms with Gasteiger partial charge in [0.15, 0.2) is 0 Å². The Morgan fingerprint density at radius 1 is 1.42 bits per heavy atom. The van der Waals surface area contributed by atoms with E-state index in [0.29, 0.717) is 17.8 Å². The summed E-state index contributed by atoms with van der Waals surface area (Å²) in [6.45, 7) is 13.2. The van der Waals surface area contributed by atoms with Crippen LogP contribution in [0.25, 0.3) is 0 Å². The Hall–Kier alpha value is -1.62. The number of allylic oxidation sites excluding steroid dienone is 2. The van der Waals surface area contributed by atoms with Gasteiger partial charge < -0.3 is 11.1 Å². The van der Waals surface area contributed by atoms with Crippen LogP contribution in [0.1, 0.15) is 6.92 Å². The van der Waals surface area contributed by atoms with Crippen molar-refractivity contribution in [2.45, 2.75) is 6.92 Å². The van der Waals surface area contributed by atoms with E-state index in [1.54, 1.807) is 0 Å². The van der Waals surface area contributed by atoms with Crippen LogP contribution in [-0.2, 0) is 0 Å². The van der Waals surface area contributed by atoms with Crippen molar-refractivity contribution in [3.05, 3.63) is 36.7 Å². The molecule has 0 unspecified atom stereocenters. The maximum atomic E-state index is 5.34. The monoisotopic (exact) mass is 162 g/mol. The first-order chi connectivity index (χ1) is 5.54. The summed E-state index contributed by atoms with van der Waals surface area (Å²) < 4.78 is 0. The zero-order chi connectivity index (χ0) is 9.56. The maximum Gasteiger partial charge on any atom is 0.0766 e. The zero-order valence-electron chi connectivity index (χ0n) is 7.41. The lowest BCUT2D eigenvalue weighted by molar-refractivity contribution is 0.927. The summed E-state index contributed by atoms with van der Waals surface area (Å²) in [5.74, 6) is 5.60. The summed E-state index contributed by atoms with van der Waals surface area (Å²) in [5.41, 5.74) is 7.22. The van der Waals surface area contributed by atoms with Crippen molar-refractivity contribution in [2.24, 2.45) is 5.73 Å². The van der Waals surface area contributed by atoms with E-state index in [-0.39, 0.29) is 0 Å². The van der Waals surface area contributed by atoms with Crippen molar-refractivity contribution in [3.63, 3.8) is 0 Å². The van der Waals surface area contributed by atoms with E-state index in [4.69, 9.17) is 5.73 Å². The van der Waals surface area contributed by atoms with Gasteiger partial charge in [0.25, 0.3) is 0 Å². The molecule has 0 saturated carbocycles. The zero-order valence-corrected chi connectivity index (χ0v) is 7.41. The minimum Gasteiger partial charge on any atom is -0.398 e. The summed E-state index contributed by atoms with van der Waals surface area (Å²) in [7, 11) is 0. The average molecular weight is 162 g/mol. The second-order valence-electron chi connectivity index (χ2n) is 2.44. The molecule has 0 radical (unpaired) electrons. The van der Waals surface area contributed by atoms with Gasteiger partial charge in [0.2, 0.25) is 0 Å². The molecular formula is C10H14N2. The molecule has 0 fully saturated rings. The van der Waals surface area contributed by atoms with Gasteiger partial charge in [0, 0.05) is 17.0 Å². The van der Waals surface area contributed by atoms with Crippen molar-refractivity contribution in [1.82, 2.24) is 5.32 Å². The Morgan fingerprint density at radius 2 is 2.00 bits per heavy atom. The fourth-order valence-electron chi connectivity index (χ4n) is 0.426. The van der Waals surface area contributed by atoms with Gasteiger partial charge in [-0.2, -0.15) is 0 Å². The lowest BCUT2D eigenvalue weighted by Gasteiger charge is -1.97. The van der Waals surface area contributed by atoms with Crippen molar-refractivity contribution in [1.29, 1.82) is 0 Å². The van der Waals surface area contributed by atoms with Gasteiger partial charge in [-0.05, 0) is 6.92 Å². The molecule has 2 heteroatoms. The van der Waals surface area contributed by atoms with Crippen LogP contribution in [0.2, 0.25) is 0 Å². The van der Waals surface area contributed by atoms with Crippen molar-refractivity contribution in [3.8, 4) is 11.8 Å². The van der Waals surface area contributed by atoms with E-state index in [1.807, 2.05) is 6.92 Å². The van der Waals surface area contributed by atoms with E-state index >= 15 is 0 Å². The second-order valence-corrected chi connectivity index (χ2v) is 2.44.